The number of phenolic OH excluding ortho intramolecular Hbond substituents is 1. The van der Waals surface area contributed by atoms with Gasteiger partial charge in [-0.2, -0.15) is 0 Å². The standard InChI is InChI=1S/C44H29IN4O/c45-31-26-30(16-25-40(31)50)44-38-23-21-36(48-38)42(28-12-6-2-7-13-28)34-19-17-32(46-34)41(27-10-4-1-5-11-27)33-18-20-35(47-33)43(29-14-8-3-9-15-29)37-22-24-39(44)49-37/h1-26,46,49-50H/i45-2. The molecule has 50 heavy (non-hydrogen) atoms. The van der Waals surface area contributed by atoms with Crippen molar-refractivity contribution in [2.75, 3.05) is 0 Å². The van der Waals surface area contributed by atoms with Crippen LogP contribution in [0.5, 0.6) is 5.75 Å². The van der Waals surface area contributed by atoms with Crippen molar-refractivity contribution in [2.45, 2.75) is 0 Å². The quantitative estimate of drug-likeness (QED) is 0.157. The first kappa shape index (κ1) is 30.1. The highest BCUT2D eigenvalue weighted by Crippen LogP contribution is 2.39. The minimum Gasteiger partial charge on any atom is -0.507 e. The van der Waals surface area contributed by atoms with E-state index in [-0.39, 0.29) is 5.75 Å². The van der Waals surface area contributed by atoms with Crippen LogP contribution in [0.1, 0.15) is 22.8 Å². The molecule has 3 N–H and O–H groups in total. The Morgan fingerprint density at radius 1 is 0.400 bits per heavy atom. The number of nitrogens with zero attached hydrogens (tertiary/aromatic N) is 2. The summed E-state index contributed by atoms with van der Waals surface area (Å²) in [5.41, 5.74) is 15.4. The fourth-order valence-corrected chi connectivity index (χ4v) is 7.41. The molecule has 2 aliphatic rings. The van der Waals surface area contributed by atoms with E-state index in [9.17, 15) is 5.11 Å². The van der Waals surface area contributed by atoms with E-state index < -0.39 is 0 Å². The second-order valence-corrected chi connectivity index (χ2v) is 13.4. The third kappa shape index (κ3) is 5.34. The molecule has 0 aliphatic carbocycles. The molecular weight excluding hydrogens is 725 g/mol. The molecule has 6 heteroatoms. The van der Waals surface area contributed by atoms with Crippen LogP contribution in [0.15, 0.2) is 133 Å². The van der Waals surface area contributed by atoms with Crippen molar-refractivity contribution in [1.82, 2.24) is 19.9 Å². The molecule has 7 aromatic rings. The SMILES string of the molecule is Oc1ccc(-c2c3nc(c(-c4ccccc4)c4ccc([nH]4)c(-c4ccccc4)c4nc(c(-c5ccccc5)c5ccc2[nH]5)C=C4)C=C3)cc1[125I]. The molecule has 0 amide bonds. The molecule has 3 aromatic heterocycles. The van der Waals surface area contributed by atoms with Crippen molar-refractivity contribution in [2.24, 2.45) is 0 Å². The van der Waals surface area contributed by atoms with Crippen LogP contribution in [0.3, 0.4) is 0 Å². The maximum absolute atomic E-state index is 10.4. The number of aromatic amines is 2. The summed E-state index contributed by atoms with van der Waals surface area (Å²) >= 11 is 2.18. The lowest BCUT2D eigenvalue weighted by molar-refractivity contribution is 0.471. The van der Waals surface area contributed by atoms with E-state index >= 15 is 0 Å². The fraction of sp³-hybridized carbons (Fsp3) is 0. The van der Waals surface area contributed by atoms with Crippen LogP contribution < -0.4 is 0 Å². The molecule has 0 spiro atoms. The van der Waals surface area contributed by atoms with E-state index in [0.29, 0.717) is 0 Å². The smallest absolute Gasteiger partial charge is 0.128 e. The van der Waals surface area contributed by atoms with Gasteiger partial charge in [-0.1, -0.05) is 97.1 Å². The third-order valence-electron chi connectivity index (χ3n) is 9.18. The molecule has 238 valence electrons. The highest BCUT2D eigenvalue weighted by molar-refractivity contribution is 14.1. The first-order valence-electron chi connectivity index (χ1n) is 16.4. The molecule has 0 atom stereocenters. The number of aromatic hydroxyl groups is 1. The van der Waals surface area contributed by atoms with Gasteiger partial charge in [0.15, 0.2) is 0 Å². The zero-order valence-corrected chi connectivity index (χ0v) is 28.9. The molecule has 2 aliphatic heterocycles. The number of rotatable bonds is 4. The van der Waals surface area contributed by atoms with Gasteiger partial charge in [-0.25, -0.2) is 9.97 Å². The molecule has 0 unspecified atom stereocenters. The number of benzene rings is 4. The van der Waals surface area contributed by atoms with Gasteiger partial charge in [0.25, 0.3) is 0 Å². The monoisotopic (exact) mass is 754 g/mol. The van der Waals surface area contributed by atoms with Crippen LogP contribution in [0, 0.1) is 3.57 Å². The van der Waals surface area contributed by atoms with Gasteiger partial charge in [-0.3, -0.25) is 0 Å². The minimum absolute atomic E-state index is 0.248. The van der Waals surface area contributed by atoms with Crippen LogP contribution >= 0.6 is 22.6 Å². The van der Waals surface area contributed by atoms with E-state index in [1.807, 2.05) is 30.3 Å². The Morgan fingerprint density at radius 3 is 1.08 bits per heavy atom. The van der Waals surface area contributed by atoms with Gasteiger partial charge >= 0.3 is 0 Å². The average molecular weight is 755 g/mol. The van der Waals surface area contributed by atoms with E-state index in [4.69, 9.17) is 9.97 Å². The van der Waals surface area contributed by atoms with Crippen molar-refractivity contribution >= 4 is 69.0 Å². The topological polar surface area (TPSA) is 77.6 Å². The van der Waals surface area contributed by atoms with Crippen molar-refractivity contribution < 1.29 is 5.11 Å². The van der Waals surface area contributed by atoms with Crippen LogP contribution in [0.2, 0.25) is 0 Å². The number of halogens is 1. The second-order valence-electron chi connectivity index (χ2n) is 12.3. The summed E-state index contributed by atoms with van der Waals surface area (Å²) in [5, 5.41) is 10.4. The first-order chi connectivity index (χ1) is 24.6. The number of hydrogen-bond donors (Lipinski definition) is 3. The maximum Gasteiger partial charge on any atom is 0.128 e. The summed E-state index contributed by atoms with van der Waals surface area (Å²) in [6.45, 7) is 0. The lowest BCUT2D eigenvalue weighted by Gasteiger charge is -2.07. The van der Waals surface area contributed by atoms with E-state index in [1.54, 1.807) is 6.07 Å². The van der Waals surface area contributed by atoms with Gasteiger partial charge in [-0.05, 0) is 106 Å². The van der Waals surface area contributed by atoms with E-state index in [2.05, 4.69) is 154 Å². The molecule has 4 aromatic carbocycles. The zero-order valence-electron chi connectivity index (χ0n) is 26.7. The Bertz CT molecular complexity index is 2620. The summed E-state index contributed by atoms with van der Waals surface area (Å²) in [7, 11) is 0. The number of phenols is 1. The molecule has 8 bridgehead atoms. The lowest BCUT2D eigenvalue weighted by atomic mass is 10.0. The van der Waals surface area contributed by atoms with Crippen LogP contribution in [0.4, 0.5) is 0 Å². The van der Waals surface area contributed by atoms with Crippen molar-refractivity contribution in [3.8, 4) is 50.3 Å². The highest BCUT2D eigenvalue weighted by atomic mass is 125. The zero-order chi connectivity index (χ0) is 33.6. The molecule has 0 fully saturated rings. The molecule has 0 saturated heterocycles. The Balaban J connectivity index is 1.48. The number of fused-ring (bicyclic) bond motifs is 8. The molecule has 0 saturated carbocycles. The van der Waals surface area contributed by atoms with Crippen molar-refractivity contribution in [3.05, 3.63) is 160 Å². The van der Waals surface area contributed by atoms with Crippen molar-refractivity contribution in [1.29, 1.82) is 0 Å². The Kier molecular flexibility index (Phi) is 7.51. The molecule has 5 heterocycles. The lowest BCUT2D eigenvalue weighted by Crippen LogP contribution is -1.90. The van der Waals surface area contributed by atoms with Crippen LogP contribution in [-0.4, -0.2) is 25.0 Å². The van der Waals surface area contributed by atoms with E-state index in [1.165, 1.54) is 0 Å². The second kappa shape index (κ2) is 12.5. The first-order valence-corrected chi connectivity index (χ1v) is 17.5. The van der Waals surface area contributed by atoms with Gasteiger partial charge in [0.1, 0.15) is 5.75 Å². The van der Waals surface area contributed by atoms with Gasteiger partial charge in [-0.15, -0.1) is 0 Å². The van der Waals surface area contributed by atoms with Crippen molar-refractivity contribution in [3.63, 3.8) is 0 Å². The van der Waals surface area contributed by atoms with Crippen LogP contribution in [0.25, 0.3) is 90.9 Å². The predicted molar refractivity (Wildman–Crippen MR) is 215 cm³/mol. The number of aromatic nitrogens is 4. The number of H-pyrrole nitrogens is 2. The van der Waals surface area contributed by atoms with E-state index in [0.717, 1.165) is 92.9 Å². The number of nitrogens with one attached hydrogen (secondary N) is 2. The summed E-state index contributed by atoms with van der Waals surface area (Å²) in [6.07, 6.45) is 8.41. The summed E-state index contributed by atoms with van der Waals surface area (Å²) in [5.74, 6) is 0.248. The van der Waals surface area contributed by atoms with Gasteiger partial charge in [0, 0.05) is 44.3 Å². The average Bonchev–Trinajstić information content (AvgIpc) is 3.99. The molecule has 9 rings (SSSR count). The third-order valence-corrected chi connectivity index (χ3v) is 10.0. The summed E-state index contributed by atoms with van der Waals surface area (Å²) in [6, 6.07) is 45.5. The highest BCUT2D eigenvalue weighted by Gasteiger charge is 2.19. The molecule has 5 nitrogen and oxygen atoms in total. The van der Waals surface area contributed by atoms with Crippen LogP contribution in [-0.2, 0) is 0 Å². The normalized spacial score (nSPS) is 12.0. The van der Waals surface area contributed by atoms with Gasteiger partial charge in [0.05, 0.1) is 26.3 Å². The predicted octanol–water partition coefficient (Wildman–Crippen LogP) is 11.6. The maximum atomic E-state index is 10.4. The summed E-state index contributed by atoms with van der Waals surface area (Å²) in [4.78, 5) is 18.2. The molecule has 0 radical (unpaired) electrons. The largest absolute Gasteiger partial charge is 0.507 e. The Hall–Kier alpha value is -5.99. The van der Waals surface area contributed by atoms with Gasteiger partial charge < -0.3 is 15.1 Å². The Labute approximate surface area is 302 Å². The number of hydrogen-bond acceptors (Lipinski definition) is 3. The molecular formula is C44H29IN4O. The Morgan fingerprint density at radius 2 is 0.740 bits per heavy atom. The summed E-state index contributed by atoms with van der Waals surface area (Å²) < 4.78 is 0.768. The minimum atomic E-state index is 0.248. The van der Waals surface area contributed by atoms with Gasteiger partial charge in [0.2, 0.25) is 0 Å². The fourth-order valence-electron chi connectivity index (χ4n) is 6.90.